The fourth-order valence-corrected chi connectivity index (χ4v) is 3.45. The number of benzene rings is 2. The maximum Gasteiger partial charge on any atom is 0.171 e. The van der Waals surface area contributed by atoms with E-state index in [1.54, 1.807) is 7.11 Å². The summed E-state index contributed by atoms with van der Waals surface area (Å²) in [7, 11) is 1.70. The van der Waals surface area contributed by atoms with E-state index < -0.39 is 0 Å². The number of methoxy groups -OCH3 is 1. The van der Waals surface area contributed by atoms with Gasteiger partial charge in [0.15, 0.2) is 5.11 Å². The van der Waals surface area contributed by atoms with Crippen molar-refractivity contribution < 1.29 is 9.47 Å². The first-order valence-electron chi connectivity index (χ1n) is 8.66. The molecule has 5 heteroatoms. The molecule has 0 bridgehead atoms. The van der Waals surface area contributed by atoms with Gasteiger partial charge in [0.1, 0.15) is 11.5 Å². The molecule has 0 aromatic heterocycles. The lowest BCUT2D eigenvalue weighted by Gasteiger charge is -2.28. The molecule has 3 rings (SSSR count). The minimum absolute atomic E-state index is 0.234. The van der Waals surface area contributed by atoms with Gasteiger partial charge in [-0.3, -0.25) is 0 Å². The van der Waals surface area contributed by atoms with Crippen LogP contribution in [0.15, 0.2) is 42.5 Å². The van der Waals surface area contributed by atoms with E-state index >= 15 is 0 Å². The molecule has 0 radical (unpaired) electrons. The fraction of sp³-hybridized carbons (Fsp3) is 0.350. The van der Waals surface area contributed by atoms with Crippen LogP contribution in [0.1, 0.15) is 36.9 Å². The summed E-state index contributed by atoms with van der Waals surface area (Å²) < 4.78 is 10.8. The average Bonchev–Trinajstić information content (AvgIpc) is 2.63. The zero-order valence-electron chi connectivity index (χ0n) is 14.7. The molecule has 25 heavy (non-hydrogen) atoms. The van der Waals surface area contributed by atoms with Gasteiger partial charge in [0.25, 0.3) is 0 Å². The van der Waals surface area contributed by atoms with Crippen LogP contribution in [0.25, 0.3) is 0 Å². The molecule has 0 unspecified atom stereocenters. The van der Waals surface area contributed by atoms with Gasteiger partial charge in [0.05, 0.1) is 19.8 Å². The summed E-state index contributed by atoms with van der Waals surface area (Å²) in [6.07, 6.45) is 3.30. The fourth-order valence-electron chi connectivity index (χ4n) is 3.19. The maximum absolute atomic E-state index is 5.50. The number of hydrogen-bond acceptors (Lipinski definition) is 3. The van der Waals surface area contributed by atoms with E-state index in [1.165, 1.54) is 11.1 Å². The monoisotopic (exact) mass is 356 g/mol. The van der Waals surface area contributed by atoms with Gasteiger partial charge in [0, 0.05) is 5.69 Å². The molecular formula is C20H24N2O2S. The Labute approximate surface area is 154 Å². The molecule has 2 aromatic rings. The third kappa shape index (κ3) is 4.42. The lowest BCUT2D eigenvalue weighted by Crippen LogP contribution is -2.34. The van der Waals surface area contributed by atoms with Crippen molar-refractivity contribution >= 4 is 23.0 Å². The largest absolute Gasteiger partial charge is 0.497 e. The summed E-state index contributed by atoms with van der Waals surface area (Å²) >= 11 is 5.50. The van der Waals surface area contributed by atoms with Gasteiger partial charge in [-0.2, -0.15) is 0 Å². The minimum Gasteiger partial charge on any atom is -0.497 e. The smallest absolute Gasteiger partial charge is 0.171 e. The van der Waals surface area contributed by atoms with Gasteiger partial charge in [-0.25, -0.2) is 0 Å². The van der Waals surface area contributed by atoms with E-state index in [0.717, 1.165) is 36.4 Å². The number of fused-ring (bicyclic) bond motifs is 1. The Bertz CT molecular complexity index is 731. The normalized spacial score (nSPS) is 15.8. The molecule has 1 aliphatic rings. The van der Waals surface area contributed by atoms with Crippen LogP contribution in [-0.2, 0) is 6.42 Å². The molecular weight excluding hydrogens is 332 g/mol. The third-order valence-corrected chi connectivity index (χ3v) is 4.61. The van der Waals surface area contributed by atoms with Crippen LogP contribution in [0.5, 0.6) is 11.5 Å². The van der Waals surface area contributed by atoms with Gasteiger partial charge in [-0.05, 0) is 85.9 Å². The van der Waals surface area contributed by atoms with Gasteiger partial charge in [-0.1, -0.05) is 6.07 Å². The highest BCUT2D eigenvalue weighted by Gasteiger charge is 2.21. The Morgan fingerprint density at radius 1 is 1.16 bits per heavy atom. The summed E-state index contributed by atoms with van der Waals surface area (Å²) in [5, 5.41) is 7.34. The summed E-state index contributed by atoms with van der Waals surface area (Å²) in [5.41, 5.74) is 3.60. The highest BCUT2D eigenvalue weighted by Crippen LogP contribution is 2.32. The van der Waals surface area contributed by atoms with E-state index in [1.807, 2.05) is 37.3 Å². The molecule has 0 fully saturated rings. The molecule has 132 valence electrons. The number of ether oxygens (including phenoxy) is 2. The van der Waals surface area contributed by atoms with Crippen LogP contribution in [0.2, 0.25) is 0 Å². The van der Waals surface area contributed by atoms with Crippen molar-refractivity contribution in [1.82, 2.24) is 5.32 Å². The molecule has 0 spiro atoms. The highest BCUT2D eigenvalue weighted by atomic mass is 32.1. The zero-order chi connectivity index (χ0) is 17.6. The predicted molar refractivity (Wildman–Crippen MR) is 106 cm³/mol. The second-order valence-corrected chi connectivity index (χ2v) is 6.47. The number of aryl methyl sites for hydroxylation is 1. The van der Waals surface area contributed by atoms with Crippen molar-refractivity contribution in [2.24, 2.45) is 0 Å². The first kappa shape index (κ1) is 17.5. The molecule has 2 aromatic carbocycles. The minimum atomic E-state index is 0.234. The highest BCUT2D eigenvalue weighted by molar-refractivity contribution is 7.80. The van der Waals surface area contributed by atoms with Crippen molar-refractivity contribution in [3.8, 4) is 11.5 Å². The quantitative estimate of drug-likeness (QED) is 0.775. The van der Waals surface area contributed by atoms with Gasteiger partial charge in [0.2, 0.25) is 0 Å². The molecule has 0 saturated carbocycles. The summed E-state index contributed by atoms with van der Waals surface area (Å²) in [6.45, 7) is 2.64. The van der Waals surface area contributed by atoms with Crippen LogP contribution < -0.4 is 20.1 Å². The number of anilines is 1. The average molecular weight is 356 g/mol. The molecule has 1 atom stereocenters. The molecule has 0 saturated heterocycles. The number of rotatable bonds is 5. The first-order chi connectivity index (χ1) is 12.2. The summed E-state index contributed by atoms with van der Waals surface area (Å²) in [6, 6.07) is 14.3. The van der Waals surface area contributed by atoms with Crippen LogP contribution in [0.4, 0.5) is 5.69 Å². The molecule has 2 N–H and O–H groups in total. The number of thiocarbonyl (C=S) groups is 1. The van der Waals surface area contributed by atoms with Gasteiger partial charge in [-0.15, -0.1) is 0 Å². The van der Waals surface area contributed by atoms with Crippen molar-refractivity contribution in [2.75, 3.05) is 19.0 Å². The molecule has 1 aliphatic carbocycles. The summed E-state index contributed by atoms with van der Waals surface area (Å²) in [5.74, 6) is 1.77. The SMILES string of the molecule is CCOc1ccc(NC(=S)N[C@@H]2CCCc3cc(OC)ccc32)cc1. The van der Waals surface area contributed by atoms with Gasteiger partial charge >= 0.3 is 0 Å². The van der Waals surface area contributed by atoms with E-state index in [-0.39, 0.29) is 6.04 Å². The van der Waals surface area contributed by atoms with Crippen LogP contribution in [-0.4, -0.2) is 18.8 Å². The lowest BCUT2D eigenvalue weighted by atomic mass is 9.87. The van der Waals surface area contributed by atoms with E-state index in [2.05, 4.69) is 22.8 Å². The number of hydrogen-bond donors (Lipinski definition) is 2. The van der Waals surface area contributed by atoms with E-state index in [4.69, 9.17) is 21.7 Å². The zero-order valence-corrected chi connectivity index (χ0v) is 15.5. The first-order valence-corrected chi connectivity index (χ1v) is 9.07. The molecule has 4 nitrogen and oxygen atoms in total. The molecule has 0 aliphatic heterocycles. The second kappa shape index (κ2) is 8.21. The topological polar surface area (TPSA) is 42.5 Å². The Kier molecular flexibility index (Phi) is 5.76. The Morgan fingerprint density at radius 3 is 2.64 bits per heavy atom. The Morgan fingerprint density at radius 2 is 1.92 bits per heavy atom. The Hall–Kier alpha value is -2.27. The van der Waals surface area contributed by atoms with Crippen molar-refractivity contribution in [3.05, 3.63) is 53.6 Å². The van der Waals surface area contributed by atoms with Crippen LogP contribution in [0.3, 0.4) is 0 Å². The summed E-state index contributed by atoms with van der Waals surface area (Å²) in [4.78, 5) is 0. The van der Waals surface area contributed by atoms with E-state index in [9.17, 15) is 0 Å². The van der Waals surface area contributed by atoms with E-state index in [0.29, 0.717) is 11.7 Å². The standard InChI is InChI=1S/C20H24N2O2S/c1-3-24-16-9-7-15(8-10-16)21-20(25)22-19-6-4-5-14-13-17(23-2)11-12-18(14)19/h7-13,19H,3-6H2,1-2H3,(H2,21,22,25)/t19-/m1/s1. The Balaban J connectivity index is 1.64. The molecule has 0 amide bonds. The van der Waals surface area contributed by atoms with Crippen LogP contribution >= 0.6 is 12.2 Å². The van der Waals surface area contributed by atoms with Crippen molar-refractivity contribution in [1.29, 1.82) is 0 Å². The third-order valence-electron chi connectivity index (χ3n) is 4.39. The van der Waals surface area contributed by atoms with Crippen LogP contribution in [0, 0.1) is 0 Å². The lowest BCUT2D eigenvalue weighted by molar-refractivity contribution is 0.340. The maximum atomic E-state index is 5.50. The van der Waals surface area contributed by atoms with Gasteiger partial charge < -0.3 is 20.1 Å². The number of nitrogens with one attached hydrogen (secondary N) is 2. The second-order valence-electron chi connectivity index (χ2n) is 6.07. The molecule has 0 heterocycles. The van der Waals surface area contributed by atoms with Crippen molar-refractivity contribution in [3.63, 3.8) is 0 Å². The predicted octanol–water partition coefficient (Wildman–Crippen LogP) is 4.46. The van der Waals surface area contributed by atoms with Crippen molar-refractivity contribution in [2.45, 2.75) is 32.2 Å².